The van der Waals surface area contributed by atoms with Crippen molar-refractivity contribution < 1.29 is 4.79 Å². The lowest BCUT2D eigenvalue weighted by atomic mass is 10.0. The average Bonchev–Trinajstić information content (AvgIpc) is 2.05. The van der Waals surface area contributed by atoms with Crippen molar-refractivity contribution in [2.75, 3.05) is 13.1 Å². The van der Waals surface area contributed by atoms with Gasteiger partial charge in [0.25, 0.3) is 0 Å². The van der Waals surface area contributed by atoms with Crippen LogP contribution in [0.4, 0.5) is 0 Å². The highest BCUT2D eigenvalue weighted by Crippen LogP contribution is 2.05. The second-order valence-corrected chi connectivity index (χ2v) is 3.06. The Kier molecular flexibility index (Phi) is 6.41. The standard InChI is InChI=1S/C10H17NO/c1-4-6-11-8-10(12)7-9(3)5-2/h1,9,11H,5-8H2,2-3H3. The zero-order chi connectivity index (χ0) is 9.40. The quantitative estimate of drug-likeness (QED) is 0.476. The van der Waals surface area contributed by atoms with Gasteiger partial charge in [0.1, 0.15) is 5.78 Å². The van der Waals surface area contributed by atoms with Crippen LogP contribution in [0.15, 0.2) is 0 Å². The van der Waals surface area contributed by atoms with E-state index in [1.807, 2.05) is 0 Å². The molecule has 0 saturated carbocycles. The van der Waals surface area contributed by atoms with E-state index in [2.05, 4.69) is 25.1 Å². The highest BCUT2D eigenvalue weighted by atomic mass is 16.1. The first kappa shape index (κ1) is 11.2. The Morgan fingerprint density at radius 1 is 1.67 bits per heavy atom. The molecule has 0 aliphatic heterocycles. The van der Waals surface area contributed by atoms with E-state index in [1.165, 1.54) is 0 Å². The number of rotatable bonds is 6. The topological polar surface area (TPSA) is 29.1 Å². The molecular formula is C10H17NO. The van der Waals surface area contributed by atoms with E-state index in [9.17, 15) is 4.79 Å². The summed E-state index contributed by atoms with van der Waals surface area (Å²) in [6, 6.07) is 0. The van der Waals surface area contributed by atoms with Crippen LogP contribution < -0.4 is 5.32 Å². The van der Waals surface area contributed by atoms with Crippen molar-refractivity contribution in [3.8, 4) is 12.3 Å². The number of carbonyl (C=O) groups is 1. The number of hydrogen-bond acceptors (Lipinski definition) is 2. The summed E-state index contributed by atoms with van der Waals surface area (Å²) < 4.78 is 0. The van der Waals surface area contributed by atoms with Crippen molar-refractivity contribution in [2.24, 2.45) is 5.92 Å². The molecule has 0 aromatic rings. The van der Waals surface area contributed by atoms with Gasteiger partial charge in [-0.25, -0.2) is 0 Å². The van der Waals surface area contributed by atoms with Crippen molar-refractivity contribution in [3.63, 3.8) is 0 Å². The lowest BCUT2D eigenvalue weighted by Crippen LogP contribution is -2.24. The maximum absolute atomic E-state index is 11.2. The fourth-order valence-corrected chi connectivity index (χ4v) is 0.879. The summed E-state index contributed by atoms with van der Waals surface area (Å²) >= 11 is 0. The van der Waals surface area contributed by atoms with Gasteiger partial charge < -0.3 is 0 Å². The summed E-state index contributed by atoms with van der Waals surface area (Å²) in [6.45, 7) is 5.06. The predicted molar refractivity (Wildman–Crippen MR) is 50.8 cm³/mol. The zero-order valence-electron chi connectivity index (χ0n) is 7.89. The van der Waals surface area contributed by atoms with E-state index < -0.39 is 0 Å². The fourth-order valence-electron chi connectivity index (χ4n) is 0.879. The summed E-state index contributed by atoms with van der Waals surface area (Å²) in [4.78, 5) is 11.2. The molecule has 0 amide bonds. The molecule has 1 atom stereocenters. The maximum Gasteiger partial charge on any atom is 0.146 e. The Morgan fingerprint density at radius 2 is 2.33 bits per heavy atom. The van der Waals surface area contributed by atoms with Crippen LogP contribution in [-0.2, 0) is 4.79 Å². The highest BCUT2D eigenvalue weighted by Gasteiger charge is 2.05. The SMILES string of the molecule is C#CCNCC(=O)CC(C)CC. The predicted octanol–water partition coefficient (Wildman–Crippen LogP) is 1.21. The van der Waals surface area contributed by atoms with Crippen molar-refractivity contribution in [2.45, 2.75) is 26.7 Å². The molecule has 0 radical (unpaired) electrons. The van der Waals surface area contributed by atoms with Gasteiger partial charge in [-0.3, -0.25) is 10.1 Å². The Bertz CT molecular complexity index is 169. The van der Waals surface area contributed by atoms with Gasteiger partial charge in [0.15, 0.2) is 0 Å². The lowest BCUT2D eigenvalue weighted by Gasteiger charge is -2.06. The molecule has 0 rings (SSSR count). The molecule has 12 heavy (non-hydrogen) atoms. The van der Waals surface area contributed by atoms with Crippen LogP contribution in [0.25, 0.3) is 0 Å². The molecule has 2 heteroatoms. The third kappa shape index (κ3) is 5.94. The van der Waals surface area contributed by atoms with Crippen molar-refractivity contribution in [1.29, 1.82) is 0 Å². The zero-order valence-corrected chi connectivity index (χ0v) is 7.89. The third-order valence-corrected chi connectivity index (χ3v) is 1.82. The largest absolute Gasteiger partial charge is 0.299 e. The first-order valence-corrected chi connectivity index (χ1v) is 4.36. The third-order valence-electron chi connectivity index (χ3n) is 1.82. The van der Waals surface area contributed by atoms with E-state index in [0.29, 0.717) is 25.4 Å². The second kappa shape index (κ2) is 6.87. The van der Waals surface area contributed by atoms with Gasteiger partial charge in [-0.1, -0.05) is 26.2 Å². The molecule has 1 unspecified atom stereocenters. The van der Waals surface area contributed by atoms with E-state index in [0.717, 1.165) is 6.42 Å². The van der Waals surface area contributed by atoms with Crippen molar-refractivity contribution in [1.82, 2.24) is 5.32 Å². The van der Waals surface area contributed by atoms with Crippen molar-refractivity contribution >= 4 is 5.78 Å². The smallest absolute Gasteiger partial charge is 0.146 e. The van der Waals surface area contributed by atoms with E-state index >= 15 is 0 Å². The van der Waals surface area contributed by atoms with Crippen LogP contribution in [0.3, 0.4) is 0 Å². The number of nitrogens with one attached hydrogen (secondary N) is 1. The number of terminal acetylenes is 1. The van der Waals surface area contributed by atoms with E-state index in [1.54, 1.807) is 0 Å². The van der Waals surface area contributed by atoms with Crippen LogP contribution in [0.1, 0.15) is 26.7 Å². The van der Waals surface area contributed by atoms with Gasteiger partial charge in [-0.05, 0) is 5.92 Å². The molecule has 0 aliphatic carbocycles. The van der Waals surface area contributed by atoms with Gasteiger partial charge in [-0.2, -0.15) is 0 Å². The number of carbonyl (C=O) groups excluding carboxylic acids is 1. The summed E-state index contributed by atoms with van der Waals surface area (Å²) in [5.74, 6) is 3.17. The summed E-state index contributed by atoms with van der Waals surface area (Å²) in [6.07, 6.45) is 6.74. The minimum Gasteiger partial charge on any atom is -0.299 e. The monoisotopic (exact) mass is 167 g/mol. The Balaban J connectivity index is 3.41. The van der Waals surface area contributed by atoms with Gasteiger partial charge in [0.2, 0.25) is 0 Å². The lowest BCUT2D eigenvalue weighted by molar-refractivity contribution is -0.119. The first-order chi connectivity index (χ1) is 5.70. The van der Waals surface area contributed by atoms with Gasteiger partial charge >= 0.3 is 0 Å². The Labute approximate surface area is 74.7 Å². The summed E-state index contributed by atoms with van der Waals surface area (Å²) in [5.41, 5.74) is 0. The minimum absolute atomic E-state index is 0.250. The van der Waals surface area contributed by atoms with Gasteiger partial charge in [-0.15, -0.1) is 6.42 Å². The van der Waals surface area contributed by atoms with Crippen LogP contribution in [0.2, 0.25) is 0 Å². The number of ketones is 1. The Morgan fingerprint density at radius 3 is 2.83 bits per heavy atom. The summed E-state index contributed by atoms with van der Waals surface area (Å²) in [5, 5.41) is 2.88. The van der Waals surface area contributed by atoms with Crippen molar-refractivity contribution in [3.05, 3.63) is 0 Å². The molecule has 0 spiro atoms. The minimum atomic E-state index is 0.250. The van der Waals surface area contributed by atoms with E-state index in [-0.39, 0.29) is 5.78 Å². The molecule has 0 aliphatic rings. The Hall–Kier alpha value is -0.810. The van der Waals surface area contributed by atoms with E-state index in [4.69, 9.17) is 6.42 Å². The second-order valence-electron chi connectivity index (χ2n) is 3.06. The number of Topliss-reactive ketones (excluding diaryl/α,β-unsaturated/α-hetero) is 1. The van der Waals surface area contributed by atoms with Gasteiger partial charge in [0, 0.05) is 6.42 Å². The molecule has 68 valence electrons. The van der Waals surface area contributed by atoms with Crippen LogP contribution in [0.5, 0.6) is 0 Å². The van der Waals surface area contributed by atoms with Crippen LogP contribution in [0, 0.1) is 18.3 Å². The normalized spacial score (nSPS) is 12.1. The maximum atomic E-state index is 11.2. The molecule has 0 aromatic carbocycles. The molecule has 1 N–H and O–H groups in total. The molecule has 0 heterocycles. The fraction of sp³-hybridized carbons (Fsp3) is 0.700. The first-order valence-electron chi connectivity index (χ1n) is 4.36. The number of hydrogen-bond donors (Lipinski definition) is 1. The van der Waals surface area contributed by atoms with Crippen LogP contribution in [-0.4, -0.2) is 18.9 Å². The molecule has 0 aromatic heterocycles. The molecule has 0 fully saturated rings. The molecule has 0 saturated heterocycles. The molecule has 2 nitrogen and oxygen atoms in total. The van der Waals surface area contributed by atoms with Crippen LogP contribution >= 0.6 is 0 Å². The molecular weight excluding hydrogens is 150 g/mol. The summed E-state index contributed by atoms with van der Waals surface area (Å²) in [7, 11) is 0. The molecule has 0 bridgehead atoms. The average molecular weight is 167 g/mol. The van der Waals surface area contributed by atoms with Gasteiger partial charge in [0.05, 0.1) is 13.1 Å². The highest BCUT2D eigenvalue weighted by molar-refractivity contribution is 5.80.